The summed E-state index contributed by atoms with van der Waals surface area (Å²) in [7, 11) is 0. The van der Waals surface area contributed by atoms with Gasteiger partial charge in [-0.15, -0.1) is 0 Å². The quantitative estimate of drug-likeness (QED) is 0.664. The first-order chi connectivity index (χ1) is 12.4. The smallest absolute Gasteiger partial charge is 0.300 e. The van der Waals surface area contributed by atoms with Gasteiger partial charge in [-0.05, 0) is 37.6 Å². The minimum atomic E-state index is -0.823. The van der Waals surface area contributed by atoms with Crippen LogP contribution in [0.2, 0.25) is 0 Å². The van der Waals surface area contributed by atoms with Crippen LogP contribution in [0.3, 0.4) is 0 Å². The SMILES string of the molecule is CCC(C(=O)Nc1cccc(C(C)=O)c1)N1C(=O)C(=O)c2ccccc21. The highest BCUT2D eigenvalue weighted by Gasteiger charge is 2.41. The summed E-state index contributed by atoms with van der Waals surface area (Å²) in [6.45, 7) is 3.22. The summed E-state index contributed by atoms with van der Waals surface area (Å²) >= 11 is 0. The number of nitrogens with one attached hydrogen (secondary N) is 1. The number of nitrogens with zero attached hydrogens (tertiary/aromatic N) is 1. The summed E-state index contributed by atoms with van der Waals surface area (Å²) in [6, 6.07) is 12.4. The van der Waals surface area contributed by atoms with Gasteiger partial charge in [0.1, 0.15) is 6.04 Å². The zero-order valence-corrected chi connectivity index (χ0v) is 14.5. The molecule has 1 heterocycles. The maximum Gasteiger partial charge on any atom is 0.300 e. The number of amides is 2. The predicted octanol–water partition coefficient (Wildman–Crippen LogP) is 2.84. The number of Topliss-reactive ketones (excluding diaryl/α,β-unsaturated/α-hetero) is 2. The molecule has 0 aliphatic carbocycles. The molecule has 1 N–H and O–H groups in total. The number of rotatable bonds is 5. The molecule has 0 saturated heterocycles. The summed E-state index contributed by atoms with van der Waals surface area (Å²) < 4.78 is 0. The normalized spacial score (nSPS) is 14.2. The number of carbonyl (C=O) groups excluding carboxylic acids is 4. The van der Waals surface area contributed by atoms with Crippen molar-refractivity contribution in [1.82, 2.24) is 0 Å². The molecule has 0 saturated carbocycles. The second kappa shape index (κ2) is 6.92. The number of anilines is 2. The molecule has 1 atom stereocenters. The highest BCUT2D eigenvalue weighted by molar-refractivity contribution is 6.52. The monoisotopic (exact) mass is 350 g/mol. The lowest BCUT2D eigenvalue weighted by molar-refractivity contribution is -0.121. The van der Waals surface area contributed by atoms with Crippen LogP contribution in [0.15, 0.2) is 48.5 Å². The topological polar surface area (TPSA) is 83.6 Å². The number of benzene rings is 2. The lowest BCUT2D eigenvalue weighted by Gasteiger charge is -2.26. The fourth-order valence-corrected chi connectivity index (χ4v) is 3.05. The van der Waals surface area contributed by atoms with Crippen LogP contribution in [-0.2, 0) is 9.59 Å². The van der Waals surface area contributed by atoms with E-state index >= 15 is 0 Å². The molecule has 6 heteroatoms. The number of ketones is 2. The summed E-state index contributed by atoms with van der Waals surface area (Å²) in [4.78, 5) is 50.1. The lowest BCUT2D eigenvalue weighted by atomic mass is 10.1. The molecule has 3 rings (SSSR count). The lowest BCUT2D eigenvalue weighted by Crippen LogP contribution is -2.46. The van der Waals surface area contributed by atoms with E-state index in [4.69, 9.17) is 0 Å². The van der Waals surface area contributed by atoms with Crippen LogP contribution < -0.4 is 10.2 Å². The molecule has 0 fully saturated rings. The number of hydrogen-bond acceptors (Lipinski definition) is 4. The van der Waals surface area contributed by atoms with Crippen molar-refractivity contribution in [3.8, 4) is 0 Å². The third-order valence-corrected chi connectivity index (χ3v) is 4.36. The van der Waals surface area contributed by atoms with Gasteiger partial charge in [-0.1, -0.05) is 31.2 Å². The van der Waals surface area contributed by atoms with Crippen molar-refractivity contribution >= 4 is 34.8 Å². The van der Waals surface area contributed by atoms with Crippen LogP contribution in [0.4, 0.5) is 11.4 Å². The third-order valence-electron chi connectivity index (χ3n) is 4.36. The van der Waals surface area contributed by atoms with E-state index in [-0.39, 0.29) is 5.78 Å². The second-order valence-electron chi connectivity index (χ2n) is 6.07. The molecule has 132 valence electrons. The van der Waals surface area contributed by atoms with Gasteiger partial charge in [0.2, 0.25) is 5.91 Å². The Morgan fingerprint density at radius 3 is 2.50 bits per heavy atom. The zero-order chi connectivity index (χ0) is 18.8. The van der Waals surface area contributed by atoms with Crippen LogP contribution in [0.5, 0.6) is 0 Å². The Kier molecular flexibility index (Phi) is 4.67. The van der Waals surface area contributed by atoms with Crippen LogP contribution in [0.25, 0.3) is 0 Å². The van der Waals surface area contributed by atoms with Crippen molar-refractivity contribution in [3.05, 3.63) is 59.7 Å². The molecule has 2 amide bonds. The van der Waals surface area contributed by atoms with Gasteiger partial charge >= 0.3 is 0 Å². The van der Waals surface area contributed by atoms with E-state index in [1.54, 1.807) is 55.5 Å². The van der Waals surface area contributed by atoms with E-state index < -0.39 is 23.6 Å². The first-order valence-electron chi connectivity index (χ1n) is 8.32. The number of fused-ring (bicyclic) bond motifs is 1. The fraction of sp³-hybridized carbons (Fsp3) is 0.200. The van der Waals surface area contributed by atoms with E-state index in [1.165, 1.54) is 11.8 Å². The molecule has 0 bridgehead atoms. The van der Waals surface area contributed by atoms with Gasteiger partial charge in [-0.3, -0.25) is 24.1 Å². The zero-order valence-electron chi connectivity index (χ0n) is 14.5. The Balaban J connectivity index is 1.88. The highest BCUT2D eigenvalue weighted by Crippen LogP contribution is 2.31. The van der Waals surface area contributed by atoms with E-state index in [1.807, 2.05) is 0 Å². The number of carbonyl (C=O) groups is 4. The van der Waals surface area contributed by atoms with Gasteiger partial charge in [-0.2, -0.15) is 0 Å². The van der Waals surface area contributed by atoms with Crippen molar-refractivity contribution in [1.29, 1.82) is 0 Å². The molecule has 26 heavy (non-hydrogen) atoms. The van der Waals surface area contributed by atoms with Gasteiger partial charge in [0.25, 0.3) is 11.7 Å². The molecule has 2 aromatic rings. The average Bonchev–Trinajstić information content (AvgIpc) is 2.88. The third kappa shape index (κ3) is 3.01. The molecule has 6 nitrogen and oxygen atoms in total. The maximum absolute atomic E-state index is 12.8. The van der Waals surface area contributed by atoms with Crippen molar-refractivity contribution in [3.63, 3.8) is 0 Å². The Bertz CT molecular complexity index is 920. The Morgan fingerprint density at radius 2 is 1.81 bits per heavy atom. The van der Waals surface area contributed by atoms with Gasteiger partial charge in [0, 0.05) is 11.3 Å². The van der Waals surface area contributed by atoms with Crippen LogP contribution in [-0.4, -0.2) is 29.4 Å². The van der Waals surface area contributed by atoms with E-state index in [2.05, 4.69) is 5.32 Å². The predicted molar refractivity (Wildman–Crippen MR) is 97.4 cm³/mol. The molecule has 1 aliphatic rings. The van der Waals surface area contributed by atoms with Gasteiger partial charge in [0.05, 0.1) is 11.3 Å². The van der Waals surface area contributed by atoms with Crippen molar-refractivity contribution in [2.45, 2.75) is 26.3 Å². The van der Waals surface area contributed by atoms with Gasteiger partial charge in [0.15, 0.2) is 5.78 Å². The molecular weight excluding hydrogens is 332 g/mol. The maximum atomic E-state index is 12.8. The van der Waals surface area contributed by atoms with Crippen molar-refractivity contribution in [2.24, 2.45) is 0 Å². The largest absolute Gasteiger partial charge is 0.324 e. The number of para-hydroxylation sites is 1. The summed E-state index contributed by atoms with van der Waals surface area (Å²) in [5, 5.41) is 2.73. The van der Waals surface area contributed by atoms with Crippen molar-refractivity contribution < 1.29 is 19.2 Å². The number of hydrogen-bond donors (Lipinski definition) is 1. The average molecular weight is 350 g/mol. The van der Waals surface area contributed by atoms with Crippen LogP contribution >= 0.6 is 0 Å². The molecule has 0 radical (unpaired) electrons. The second-order valence-corrected chi connectivity index (χ2v) is 6.07. The van der Waals surface area contributed by atoms with Crippen LogP contribution in [0, 0.1) is 0 Å². The van der Waals surface area contributed by atoms with E-state index in [0.717, 1.165) is 0 Å². The van der Waals surface area contributed by atoms with E-state index in [0.29, 0.717) is 28.9 Å². The minimum Gasteiger partial charge on any atom is -0.324 e. The first-order valence-corrected chi connectivity index (χ1v) is 8.32. The molecule has 0 aromatic heterocycles. The van der Waals surface area contributed by atoms with Crippen molar-refractivity contribution in [2.75, 3.05) is 10.2 Å². The Labute approximate surface area is 150 Å². The van der Waals surface area contributed by atoms with Crippen LogP contribution in [0.1, 0.15) is 41.0 Å². The highest BCUT2D eigenvalue weighted by atomic mass is 16.2. The van der Waals surface area contributed by atoms with Gasteiger partial charge in [-0.25, -0.2) is 0 Å². The van der Waals surface area contributed by atoms with Gasteiger partial charge < -0.3 is 5.32 Å². The molecule has 1 unspecified atom stereocenters. The Hall–Kier alpha value is -3.28. The minimum absolute atomic E-state index is 0.109. The summed E-state index contributed by atoms with van der Waals surface area (Å²) in [5.74, 6) is -1.83. The summed E-state index contributed by atoms with van der Waals surface area (Å²) in [6.07, 6.45) is 0.339. The molecular formula is C20H18N2O4. The summed E-state index contributed by atoms with van der Waals surface area (Å²) in [5.41, 5.74) is 1.70. The Morgan fingerprint density at radius 1 is 1.08 bits per heavy atom. The fourth-order valence-electron chi connectivity index (χ4n) is 3.05. The van der Waals surface area contributed by atoms with E-state index in [9.17, 15) is 19.2 Å². The molecule has 0 spiro atoms. The molecule has 2 aromatic carbocycles. The molecule has 1 aliphatic heterocycles. The standard InChI is InChI=1S/C20H18N2O4/c1-3-16(19(25)21-14-8-6-7-13(11-14)12(2)23)22-17-10-5-4-9-15(17)18(24)20(22)26/h4-11,16H,3H2,1-2H3,(H,21,25). The first kappa shape index (κ1) is 17.5.